The highest BCUT2D eigenvalue weighted by Gasteiger charge is 2.12. The molecule has 1 saturated heterocycles. The molecule has 0 unspecified atom stereocenters. The van der Waals surface area contributed by atoms with E-state index in [2.05, 4.69) is 24.0 Å². The van der Waals surface area contributed by atoms with Crippen LogP contribution < -0.4 is 10.6 Å². The second-order valence-electron chi connectivity index (χ2n) is 4.11. The van der Waals surface area contributed by atoms with Crippen LogP contribution >= 0.6 is 0 Å². The van der Waals surface area contributed by atoms with Crippen molar-refractivity contribution in [1.82, 2.24) is 0 Å². The lowest BCUT2D eigenvalue weighted by Crippen LogP contribution is -2.30. The molecule has 0 radical (unpaired) electrons. The van der Waals surface area contributed by atoms with Gasteiger partial charge in [-0.25, -0.2) is 0 Å². The Hall–Kier alpha value is -1.18. The lowest BCUT2D eigenvalue weighted by atomic mass is 10.1. The summed E-state index contributed by atoms with van der Waals surface area (Å²) in [5, 5.41) is 0. The summed E-state index contributed by atoms with van der Waals surface area (Å²) < 4.78 is 0. The van der Waals surface area contributed by atoms with Crippen molar-refractivity contribution >= 4 is 11.4 Å². The second-order valence-corrected chi connectivity index (χ2v) is 4.11. The van der Waals surface area contributed by atoms with Crippen LogP contribution in [0.15, 0.2) is 18.2 Å². The molecule has 0 atom stereocenters. The van der Waals surface area contributed by atoms with E-state index in [1.165, 1.54) is 30.5 Å². The molecule has 2 nitrogen and oxygen atoms in total. The molecular weight excluding hydrogens is 172 g/mol. The topological polar surface area (TPSA) is 29.3 Å². The molecule has 1 fully saturated rings. The summed E-state index contributed by atoms with van der Waals surface area (Å²) in [6, 6.07) is 6.28. The number of rotatable bonds is 1. The summed E-state index contributed by atoms with van der Waals surface area (Å²) in [7, 11) is 0. The van der Waals surface area contributed by atoms with Crippen molar-refractivity contribution in [1.29, 1.82) is 0 Å². The third kappa shape index (κ3) is 1.84. The summed E-state index contributed by atoms with van der Waals surface area (Å²) >= 11 is 0. The highest BCUT2D eigenvalue weighted by Crippen LogP contribution is 2.26. The van der Waals surface area contributed by atoms with E-state index in [0.29, 0.717) is 0 Å². The molecule has 76 valence electrons. The van der Waals surface area contributed by atoms with Crippen molar-refractivity contribution in [2.75, 3.05) is 23.7 Å². The average Bonchev–Trinajstić information content (AvgIpc) is 2.23. The molecule has 2 heteroatoms. The Morgan fingerprint density at radius 2 is 1.86 bits per heavy atom. The number of nitrogen functional groups attached to an aromatic ring is 1. The minimum Gasteiger partial charge on any atom is -0.397 e. The van der Waals surface area contributed by atoms with E-state index >= 15 is 0 Å². The Morgan fingerprint density at radius 1 is 1.14 bits per heavy atom. The SMILES string of the molecule is Cc1ccc(N)c(N2CCCCC2)c1. The van der Waals surface area contributed by atoms with Gasteiger partial charge in [0.2, 0.25) is 0 Å². The van der Waals surface area contributed by atoms with Gasteiger partial charge >= 0.3 is 0 Å². The second kappa shape index (κ2) is 3.91. The third-order valence-electron chi connectivity index (χ3n) is 2.88. The van der Waals surface area contributed by atoms with Gasteiger partial charge in [0.15, 0.2) is 0 Å². The average molecular weight is 190 g/mol. The van der Waals surface area contributed by atoms with Crippen molar-refractivity contribution in [3.05, 3.63) is 23.8 Å². The van der Waals surface area contributed by atoms with Gasteiger partial charge in [0.1, 0.15) is 0 Å². The van der Waals surface area contributed by atoms with Gasteiger partial charge in [-0.05, 0) is 43.9 Å². The van der Waals surface area contributed by atoms with Gasteiger partial charge in [0.25, 0.3) is 0 Å². The van der Waals surface area contributed by atoms with Crippen molar-refractivity contribution < 1.29 is 0 Å². The number of piperidine rings is 1. The zero-order valence-corrected chi connectivity index (χ0v) is 8.79. The van der Waals surface area contributed by atoms with E-state index in [1.54, 1.807) is 0 Å². The Morgan fingerprint density at radius 3 is 2.57 bits per heavy atom. The number of nitrogens with zero attached hydrogens (tertiary/aromatic N) is 1. The van der Waals surface area contributed by atoms with Crippen LogP contribution in [0.25, 0.3) is 0 Å². The Balaban J connectivity index is 2.24. The van der Waals surface area contributed by atoms with Crippen LogP contribution in [0.1, 0.15) is 24.8 Å². The molecule has 0 saturated carbocycles. The van der Waals surface area contributed by atoms with E-state index in [-0.39, 0.29) is 0 Å². The first-order chi connectivity index (χ1) is 6.77. The molecular formula is C12H18N2. The van der Waals surface area contributed by atoms with E-state index < -0.39 is 0 Å². The molecule has 1 aliphatic heterocycles. The highest BCUT2D eigenvalue weighted by atomic mass is 15.1. The van der Waals surface area contributed by atoms with Crippen molar-refractivity contribution in [3.63, 3.8) is 0 Å². The molecule has 2 N–H and O–H groups in total. The van der Waals surface area contributed by atoms with Crippen LogP contribution in [0, 0.1) is 6.92 Å². The summed E-state index contributed by atoms with van der Waals surface area (Å²) in [5.74, 6) is 0. The summed E-state index contributed by atoms with van der Waals surface area (Å²) in [6.07, 6.45) is 3.96. The number of hydrogen-bond acceptors (Lipinski definition) is 2. The van der Waals surface area contributed by atoms with Crippen LogP contribution in [0.2, 0.25) is 0 Å². The maximum atomic E-state index is 5.98. The predicted octanol–water partition coefficient (Wildman–Crippen LogP) is 2.57. The molecule has 0 aliphatic carbocycles. The Kier molecular flexibility index (Phi) is 2.62. The predicted molar refractivity (Wildman–Crippen MR) is 61.7 cm³/mol. The van der Waals surface area contributed by atoms with Crippen LogP contribution in [0.4, 0.5) is 11.4 Å². The van der Waals surface area contributed by atoms with Crippen molar-refractivity contribution in [2.24, 2.45) is 0 Å². The lowest BCUT2D eigenvalue weighted by Gasteiger charge is -2.30. The van der Waals surface area contributed by atoms with E-state index in [9.17, 15) is 0 Å². The normalized spacial score (nSPS) is 17.1. The Labute approximate surface area is 85.7 Å². The summed E-state index contributed by atoms with van der Waals surface area (Å²) in [4.78, 5) is 2.41. The van der Waals surface area contributed by atoms with Gasteiger partial charge in [0, 0.05) is 13.1 Å². The molecule has 1 aliphatic rings. The first-order valence-electron chi connectivity index (χ1n) is 5.38. The van der Waals surface area contributed by atoms with Crippen LogP contribution in [0.5, 0.6) is 0 Å². The zero-order valence-electron chi connectivity index (χ0n) is 8.79. The minimum absolute atomic E-state index is 0.914. The Bertz CT molecular complexity index is 314. The molecule has 0 amide bonds. The molecule has 0 aromatic heterocycles. The minimum atomic E-state index is 0.914. The van der Waals surface area contributed by atoms with E-state index in [0.717, 1.165) is 18.8 Å². The first kappa shape index (κ1) is 9.38. The van der Waals surface area contributed by atoms with Gasteiger partial charge in [0.05, 0.1) is 11.4 Å². The standard InChI is InChI=1S/C12H18N2/c1-10-5-6-11(13)12(9-10)14-7-3-2-4-8-14/h5-6,9H,2-4,7-8,13H2,1H3. The molecule has 1 heterocycles. The van der Waals surface area contributed by atoms with E-state index in [4.69, 9.17) is 5.73 Å². The number of aryl methyl sites for hydroxylation is 1. The number of benzene rings is 1. The molecule has 0 bridgehead atoms. The maximum Gasteiger partial charge on any atom is 0.0602 e. The molecule has 14 heavy (non-hydrogen) atoms. The fraction of sp³-hybridized carbons (Fsp3) is 0.500. The van der Waals surface area contributed by atoms with Gasteiger partial charge in [-0.3, -0.25) is 0 Å². The fourth-order valence-corrected chi connectivity index (χ4v) is 2.06. The molecule has 0 spiro atoms. The fourth-order valence-electron chi connectivity index (χ4n) is 2.06. The summed E-state index contributed by atoms with van der Waals surface area (Å²) in [6.45, 7) is 4.44. The van der Waals surface area contributed by atoms with Crippen LogP contribution in [-0.2, 0) is 0 Å². The van der Waals surface area contributed by atoms with Crippen LogP contribution in [-0.4, -0.2) is 13.1 Å². The molecule has 1 aromatic carbocycles. The third-order valence-corrected chi connectivity index (χ3v) is 2.88. The van der Waals surface area contributed by atoms with Gasteiger partial charge in [-0.2, -0.15) is 0 Å². The first-order valence-corrected chi connectivity index (χ1v) is 5.38. The van der Waals surface area contributed by atoms with Crippen molar-refractivity contribution in [3.8, 4) is 0 Å². The number of anilines is 2. The smallest absolute Gasteiger partial charge is 0.0602 e. The highest BCUT2D eigenvalue weighted by molar-refractivity contribution is 5.68. The monoisotopic (exact) mass is 190 g/mol. The van der Waals surface area contributed by atoms with Gasteiger partial charge in [-0.15, -0.1) is 0 Å². The number of nitrogens with two attached hydrogens (primary N) is 1. The summed E-state index contributed by atoms with van der Waals surface area (Å²) in [5.41, 5.74) is 9.41. The molecule has 1 aromatic rings. The lowest BCUT2D eigenvalue weighted by molar-refractivity contribution is 0.578. The molecule has 2 rings (SSSR count). The quantitative estimate of drug-likeness (QED) is 0.690. The maximum absolute atomic E-state index is 5.98. The van der Waals surface area contributed by atoms with Crippen LogP contribution in [0.3, 0.4) is 0 Å². The van der Waals surface area contributed by atoms with E-state index in [1.807, 2.05) is 6.07 Å². The van der Waals surface area contributed by atoms with Gasteiger partial charge < -0.3 is 10.6 Å². The largest absolute Gasteiger partial charge is 0.397 e. The van der Waals surface area contributed by atoms with Gasteiger partial charge in [-0.1, -0.05) is 6.07 Å². The number of hydrogen-bond donors (Lipinski definition) is 1. The zero-order chi connectivity index (χ0) is 9.97. The van der Waals surface area contributed by atoms with Crippen molar-refractivity contribution in [2.45, 2.75) is 26.2 Å².